The van der Waals surface area contributed by atoms with Crippen molar-refractivity contribution in [1.82, 2.24) is 4.57 Å². The summed E-state index contributed by atoms with van der Waals surface area (Å²) < 4.78 is 5.11. The van der Waals surface area contributed by atoms with Crippen LogP contribution in [0, 0.1) is 0 Å². The molecule has 1 aliphatic rings. The first-order valence-corrected chi connectivity index (χ1v) is 19.8. The zero-order valence-electron chi connectivity index (χ0n) is 31.3. The number of aromatic nitrogens is 2. The Morgan fingerprint density at radius 2 is 1.00 bits per heavy atom. The molecule has 0 amide bonds. The lowest BCUT2D eigenvalue weighted by molar-refractivity contribution is -0.757. The summed E-state index contributed by atoms with van der Waals surface area (Å²) >= 11 is 0. The fraction of sp³-hybridized carbons (Fsp3) is 0.113. The van der Waals surface area contributed by atoms with E-state index in [4.69, 9.17) is 0 Å². The molecule has 0 saturated heterocycles. The maximum atomic E-state index is 2.61. The van der Waals surface area contributed by atoms with Crippen LogP contribution in [0.5, 0.6) is 0 Å². The molecule has 0 saturated carbocycles. The number of benzene rings is 8. The Morgan fingerprint density at radius 1 is 0.473 bits per heavy atom. The van der Waals surface area contributed by atoms with Crippen molar-refractivity contribution in [2.75, 3.05) is 0 Å². The lowest BCUT2D eigenvalue weighted by Crippen LogP contribution is -2.60. The van der Waals surface area contributed by atoms with Crippen molar-refractivity contribution >= 4 is 54.1 Å². The number of pyridine rings is 1. The fourth-order valence-corrected chi connectivity index (χ4v) is 9.84. The Morgan fingerprint density at radius 3 is 1.58 bits per heavy atom. The smallest absolute Gasteiger partial charge is 0.221 e. The Hall–Kier alpha value is -6.51. The lowest BCUT2D eigenvalue weighted by Gasteiger charge is -2.33. The van der Waals surface area contributed by atoms with Crippen molar-refractivity contribution in [2.45, 2.75) is 38.6 Å². The van der Waals surface area contributed by atoms with Crippen LogP contribution < -0.4 is 4.57 Å². The Balaban J connectivity index is 1.18. The molecule has 1 aliphatic heterocycles. The molecule has 2 aromatic heterocycles. The van der Waals surface area contributed by atoms with Gasteiger partial charge < -0.3 is 4.57 Å². The van der Waals surface area contributed by atoms with Gasteiger partial charge >= 0.3 is 0 Å². The Bertz CT molecular complexity index is 3010. The number of hydrogen-bond donors (Lipinski definition) is 0. The zero-order chi connectivity index (χ0) is 36.7. The van der Waals surface area contributed by atoms with E-state index in [2.05, 4.69) is 199 Å². The summed E-state index contributed by atoms with van der Waals surface area (Å²) in [5.41, 5.74) is 12.8. The summed E-state index contributed by atoms with van der Waals surface area (Å²) in [7, 11) is 0. The molecule has 0 unspecified atom stereocenters. The van der Waals surface area contributed by atoms with Gasteiger partial charge in [-0.1, -0.05) is 135 Å². The van der Waals surface area contributed by atoms with E-state index in [0.29, 0.717) is 0 Å². The second kappa shape index (κ2) is 12.3. The summed E-state index contributed by atoms with van der Waals surface area (Å²) in [6, 6.07) is 63.4. The van der Waals surface area contributed by atoms with Crippen molar-refractivity contribution < 1.29 is 4.57 Å². The summed E-state index contributed by atoms with van der Waals surface area (Å²) in [5, 5.41) is 10.2. The van der Waals surface area contributed by atoms with E-state index >= 15 is 0 Å². The highest BCUT2D eigenvalue weighted by molar-refractivity contribution is 6.13. The molecule has 8 aromatic carbocycles. The highest BCUT2D eigenvalue weighted by Gasteiger charge is 2.44. The first kappa shape index (κ1) is 32.0. The Kier molecular flexibility index (Phi) is 7.13. The fourth-order valence-electron chi connectivity index (χ4n) is 9.84. The monoisotopic (exact) mass is 705 g/mol. The minimum atomic E-state index is 0.0523. The number of fused-ring (bicyclic) bond motifs is 10. The van der Waals surface area contributed by atoms with Gasteiger partial charge in [-0.3, -0.25) is 0 Å². The van der Waals surface area contributed by atoms with E-state index in [9.17, 15) is 0 Å². The molecule has 0 atom stereocenters. The third-order valence-corrected chi connectivity index (χ3v) is 12.8. The van der Waals surface area contributed by atoms with Gasteiger partial charge in [0.25, 0.3) is 0 Å². The average molecular weight is 706 g/mol. The molecule has 10 aromatic rings. The molecule has 262 valence electrons. The predicted octanol–water partition coefficient (Wildman–Crippen LogP) is 13.6. The van der Waals surface area contributed by atoms with Crippen LogP contribution in [-0.4, -0.2) is 4.57 Å². The van der Waals surface area contributed by atoms with Gasteiger partial charge in [-0.25, -0.2) is 0 Å². The van der Waals surface area contributed by atoms with Gasteiger partial charge in [0.2, 0.25) is 5.69 Å². The molecule has 55 heavy (non-hydrogen) atoms. The second-order valence-electron chi connectivity index (χ2n) is 15.4. The Labute approximate surface area is 321 Å². The molecule has 2 heteroatoms. The van der Waals surface area contributed by atoms with E-state index < -0.39 is 0 Å². The summed E-state index contributed by atoms with van der Waals surface area (Å²) in [5.74, 6) is 0. The van der Waals surface area contributed by atoms with Crippen LogP contribution in [0.2, 0.25) is 0 Å². The molecular weight excluding hydrogens is 665 g/mol. The lowest BCUT2D eigenvalue weighted by atomic mass is 9.78. The van der Waals surface area contributed by atoms with Gasteiger partial charge in [-0.05, 0) is 97.2 Å². The van der Waals surface area contributed by atoms with E-state index in [1.54, 1.807) is 0 Å². The number of hydrogen-bond acceptors (Lipinski definition) is 0. The second-order valence-corrected chi connectivity index (χ2v) is 15.4. The molecular formula is C53H41N2+. The minimum Gasteiger partial charge on any atom is -0.309 e. The van der Waals surface area contributed by atoms with Crippen LogP contribution in [0.3, 0.4) is 0 Å². The van der Waals surface area contributed by atoms with Crippen LogP contribution in [0.15, 0.2) is 176 Å². The van der Waals surface area contributed by atoms with Gasteiger partial charge in [-0.2, -0.15) is 4.57 Å². The summed E-state index contributed by atoms with van der Waals surface area (Å²) in [4.78, 5) is 0. The molecule has 0 N–H and O–H groups in total. The van der Waals surface area contributed by atoms with Crippen molar-refractivity contribution in [3.05, 3.63) is 182 Å². The van der Waals surface area contributed by atoms with Gasteiger partial charge in [-0.15, -0.1) is 0 Å². The van der Waals surface area contributed by atoms with Crippen LogP contribution in [-0.2, 0) is 12.0 Å². The van der Waals surface area contributed by atoms with E-state index in [-0.39, 0.29) is 5.54 Å². The standard InChI is InChI=1S/C53H41N2/c1-3-53(4-2)34-40-23-26-41(33-47(40)52-46-20-10-7-15-37(46)29-30-54(52)53)55-50-27-24-38(44-21-11-16-35-13-5-8-18-42(35)44)31-48(50)49-32-39(25-28-51(49)55)45-22-12-17-36-14-6-9-19-43(36)45/h5-33H,3-4,34H2,1-2H3/q+1. The zero-order valence-corrected chi connectivity index (χ0v) is 31.3. The maximum Gasteiger partial charge on any atom is 0.221 e. The first-order valence-electron chi connectivity index (χ1n) is 19.8. The first-order chi connectivity index (χ1) is 27.1. The molecule has 0 bridgehead atoms. The molecule has 0 fully saturated rings. The molecule has 0 radical (unpaired) electrons. The normalized spacial score (nSPS) is 13.5. The quantitative estimate of drug-likeness (QED) is 0.158. The molecule has 0 aliphatic carbocycles. The highest BCUT2D eigenvalue weighted by atomic mass is 15.1. The third-order valence-electron chi connectivity index (χ3n) is 12.8. The predicted molar refractivity (Wildman–Crippen MR) is 232 cm³/mol. The molecule has 3 heterocycles. The van der Waals surface area contributed by atoms with Gasteiger partial charge in [0.15, 0.2) is 11.7 Å². The largest absolute Gasteiger partial charge is 0.309 e. The van der Waals surface area contributed by atoms with E-state index in [1.165, 1.54) is 98.9 Å². The van der Waals surface area contributed by atoms with Crippen LogP contribution in [0.4, 0.5) is 0 Å². The van der Waals surface area contributed by atoms with Crippen molar-refractivity contribution in [2.24, 2.45) is 0 Å². The van der Waals surface area contributed by atoms with Gasteiger partial charge in [0.1, 0.15) is 0 Å². The molecule has 2 nitrogen and oxygen atoms in total. The van der Waals surface area contributed by atoms with Crippen LogP contribution in [0.1, 0.15) is 32.3 Å². The minimum absolute atomic E-state index is 0.0523. The van der Waals surface area contributed by atoms with Gasteiger partial charge in [0, 0.05) is 41.8 Å². The highest BCUT2D eigenvalue weighted by Crippen LogP contribution is 2.43. The average Bonchev–Trinajstić information content (AvgIpc) is 3.58. The SMILES string of the molecule is CCC1(CC)Cc2ccc(-n3c4ccc(-c5cccc6ccccc56)cc4c4cc(-c5cccc6ccccc56)ccc43)cc2-c2c3ccccc3cc[n+]21. The summed E-state index contributed by atoms with van der Waals surface area (Å²) in [6.07, 6.45) is 5.56. The van der Waals surface area contributed by atoms with Gasteiger partial charge in [0.05, 0.1) is 22.0 Å². The van der Waals surface area contributed by atoms with E-state index in [1.807, 2.05) is 0 Å². The number of rotatable bonds is 5. The van der Waals surface area contributed by atoms with E-state index in [0.717, 1.165) is 19.3 Å². The summed E-state index contributed by atoms with van der Waals surface area (Å²) in [6.45, 7) is 4.71. The molecule has 11 rings (SSSR count). The topological polar surface area (TPSA) is 8.81 Å². The van der Waals surface area contributed by atoms with Crippen LogP contribution in [0.25, 0.3) is 93.3 Å². The van der Waals surface area contributed by atoms with Crippen molar-refractivity contribution in [3.8, 4) is 39.2 Å². The van der Waals surface area contributed by atoms with Crippen molar-refractivity contribution in [3.63, 3.8) is 0 Å². The number of nitrogens with zero attached hydrogens (tertiary/aromatic N) is 2. The van der Waals surface area contributed by atoms with Crippen molar-refractivity contribution in [1.29, 1.82) is 0 Å². The third kappa shape index (κ3) is 4.77. The molecule has 0 spiro atoms. The maximum absolute atomic E-state index is 2.61. The van der Waals surface area contributed by atoms with Crippen LogP contribution >= 0.6 is 0 Å².